The first kappa shape index (κ1) is 53.8. The number of nitrogens with zero attached hydrogens (tertiary/aromatic N) is 7. The maximum atomic E-state index is 12.4. The number of non-ortho nitro benzene ring substituents is 1. The third kappa shape index (κ3) is 11.5. The fourth-order valence-electron chi connectivity index (χ4n) is 6.21. The molecule has 0 spiro atoms. The summed E-state index contributed by atoms with van der Waals surface area (Å²) in [6, 6.07) is 23.5. The number of nitro groups is 1. The first-order valence-electron chi connectivity index (χ1n) is 17.4. The van der Waals surface area contributed by atoms with E-state index in [-0.39, 0.29) is 128 Å². The molecule has 0 heterocycles. The number of azo groups is 3. The number of anilines is 2. The predicted octanol–water partition coefficient (Wildman–Crippen LogP) is -0.886. The molecule has 6 N–H and O–H groups in total. The van der Waals surface area contributed by atoms with Crippen molar-refractivity contribution in [2.75, 3.05) is 11.5 Å². The second-order valence-electron chi connectivity index (χ2n) is 13.2. The number of nitrogens with two attached hydrogens (primary N) is 2. The smallest absolute Gasteiger partial charge is 0.744 e. The van der Waals surface area contributed by atoms with Gasteiger partial charge in [0, 0.05) is 23.2 Å². The second-order valence-corrected chi connectivity index (χ2v) is 17.2. The largest absolute Gasteiger partial charge is 1.00 e. The molecule has 66 heavy (non-hydrogen) atoms. The zero-order valence-corrected chi connectivity index (χ0v) is 42.7. The minimum Gasteiger partial charge on any atom is -0.744 e. The van der Waals surface area contributed by atoms with E-state index >= 15 is 0 Å². The van der Waals surface area contributed by atoms with Crippen molar-refractivity contribution in [2.45, 2.75) is 14.7 Å². The topological polar surface area (TPSA) is 381 Å². The van der Waals surface area contributed by atoms with Gasteiger partial charge in [-0.05, 0) is 82.6 Å². The van der Waals surface area contributed by atoms with E-state index < -0.39 is 95.0 Å². The summed E-state index contributed by atoms with van der Waals surface area (Å²) in [6.07, 6.45) is 0. The number of benzene rings is 7. The normalized spacial score (nSPS) is 12.0. The summed E-state index contributed by atoms with van der Waals surface area (Å²) in [4.78, 5) is 7.26. The maximum Gasteiger partial charge on any atom is 1.00 e. The Morgan fingerprint density at radius 2 is 0.848 bits per heavy atom. The van der Waals surface area contributed by atoms with E-state index in [1.807, 2.05) is 0 Å². The second kappa shape index (κ2) is 21.0. The van der Waals surface area contributed by atoms with Gasteiger partial charge >= 0.3 is 88.7 Å². The Kier molecular flexibility index (Phi) is 17.1. The number of phenolic OH excluding ortho intramolecular Hbond substituents is 2. The molecule has 0 aliphatic heterocycles. The first-order chi connectivity index (χ1) is 29.6. The Hall–Kier alpha value is -4.81. The van der Waals surface area contributed by atoms with Crippen molar-refractivity contribution in [3.63, 3.8) is 0 Å². The van der Waals surface area contributed by atoms with Gasteiger partial charge < -0.3 is 35.3 Å². The fourth-order valence-corrected chi connectivity index (χ4v) is 8.16. The summed E-state index contributed by atoms with van der Waals surface area (Å²) < 4.78 is 110. The van der Waals surface area contributed by atoms with Crippen LogP contribution in [0.15, 0.2) is 155 Å². The number of hydrogen-bond donors (Lipinski definition) is 4. The van der Waals surface area contributed by atoms with Gasteiger partial charge in [-0.3, -0.25) is 10.1 Å². The van der Waals surface area contributed by atoms with Gasteiger partial charge in [-0.2, -0.15) is 15.3 Å². The molecule has 0 aliphatic rings. The molecule has 28 heteroatoms. The summed E-state index contributed by atoms with van der Waals surface area (Å²) in [6.45, 7) is 0. The predicted molar refractivity (Wildman–Crippen MR) is 221 cm³/mol. The van der Waals surface area contributed by atoms with Crippen molar-refractivity contribution in [1.29, 1.82) is 0 Å². The molecule has 0 atom stereocenters. The molecular formula is C38H24N9Na3O13S3. The van der Waals surface area contributed by atoms with Crippen LogP contribution in [0.2, 0.25) is 0 Å². The number of hydrogen-bond acceptors (Lipinski definition) is 21. The molecule has 22 nitrogen and oxygen atoms in total. The molecular weight excluding hydrogens is 956 g/mol. The van der Waals surface area contributed by atoms with Gasteiger partial charge in [0.15, 0.2) is 11.5 Å². The van der Waals surface area contributed by atoms with Gasteiger partial charge in [0.25, 0.3) is 5.69 Å². The quantitative estimate of drug-likeness (QED) is 0.0305. The van der Waals surface area contributed by atoms with E-state index in [4.69, 9.17) is 11.5 Å². The number of fused-ring (bicyclic) bond motifs is 2. The van der Waals surface area contributed by atoms with Crippen LogP contribution in [0.5, 0.6) is 11.5 Å². The number of rotatable bonds is 11. The van der Waals surface area contributed by atoms with Gasteiger partial charge in [-0.25, -0.2) is 25.3 Å². The van der Waals surface area contributed by atoms with Crippen molar-refractivity contribution >= 4 is 103 Å². The van der Waals surface area contributed by atoms with Crippen LogP contribution >= 0.6 is 0 Å². The zero-order valence-electron chi connectivity index (χ0n) is 34.3. The Morgan fingerprint density at radius 3 is 1.26 bits per heavy atom. The van der Waals surface area contributed by atoms with Crippen molar-refractivity contribution in [3.8, 4) is 22.6 Å². The van der Waals surface area contributed by atoms with Gasteiger partial charge in [0.05, 0.1) is 47.7 Å². The Bertz CT molecular complexity index is 3500. The number of phenols is 2. The summed E-state index contributed by atoms with van der Waals surface area (Å²) in [5.74, 6) is -1.70. The molecule has 7 aromatic rings. The van der Waals surface area contributed by atoms with E-state index in [9.17, 15) is 59.2 Å². The van der Waals surface area contributed by atoms with Crippen LogP contribution in [-0.2, 0) is 30.4 Å². The molecule has 0 saturated heterocycles. The molecule has 0 unspecified atom stereocenters. The van der Waals surface area contributed by atoms with Crippen molar-refractivity contribution < 1.29 is 143 Å². The molecule has 0 aliphatic carbocycles. The van der Waals surface area contributed by atoms with Crippen LogP contribution in [-0.4, -0.2) is 54.0 Å². The van der Waals surface area contributed by atoms with Gasteiger partial charge in [0.1, 0.15) is 47.4 Å². The van der Waals surface area contributed by atoms with Gasteiger partial charge in [-0.1, -0.05) is 36.4 Å². The molecule has 0 bridgehead atoms. The molecule has 0 amide bonds. The van der Waals surface area contributed by atoms with Crippen LogP contribution < -0.4 is 100 Å². The zero-order chi connectivity index (χ0) is 45.6. The third-order valence-corrected chi connectivity index (χ3v) is 11.7. The minimum atomic E-state index is -5.46. The Balaban J connectivity index is 0.00000317. The van der Waals surface area contributed by atoms with Crippen LogP contribution in [0.1, 0.15) is 0 Å². The third-order valence-electron chi connectivity index (χ3n) is 9.16. The first-order valence-corrected chi connectivity index (χ1v) is 21.6. The maximum absolute atomic E-state index is 12.4. The van der Waals surface area contributed by atoms with Gasteiger partial charge in [-0.15, -0.1) is 15.3 Å². The van der Waals surface area contributed by atoms with Crippen LogP contribution in [0, 0.1) is 10.1 Å². The number of nitrogen functional groups attached to an aromatic ring is 2. The standard InChI is InChI=1S/C38H27N9O13S3.3Na/c39-27-3-1-2-21-16-29(62(55,56)57)35(37(48)31(21)27)45-42-23-8-4-19(5-9-23)20-6-10-24(11-7-20)43-46-36-30(63(58,59)60)18-22-17-28(61(52,53)54)34(33(40)32(22)38(36)49)44-41-25-12-14-26(15-13-25)47(50)51;;;/h1-18,48-49H,39-40H2,(H,52,53,54)(H,55,56,57)(H,58,59,60);;;/q;3*+1/p-3. The molecule has 7 aromatic carbocycles. The van der Waals surface area contributed by atoms with E-state index in [1.54, 1.807) is 24.3 Å². The van der Waals surface area contributed by atoms with Crippen LogP contribution in [0.3, 0.4) is 0 Å². The van der Waals surface area contributed by atoms with E-state index in [1.165, 1.54) is 42.5 Å². The van der Waals surface area contributed by atoms with E-state index in [0.717, 1.165) is 30.3 Å². The van der Waals surface area contributed by atoms with Crippen molar-refractivity contribution in [3.05, 3.63) is 119 Å². The Labute approximate surface area is 439 Å². The van der Waals surface area contributed by atoms with E-state index in [0.29, 0.717) is 23.3 Å². The van der Waals surface area contributed by atoms with Crippen LogP contribution in [0.4, 0.5) is 51.2 Å². The minimum absolute atomic E-state index is 0. The van der Waals surface area contributed by atoms with Gasteiger partial charge in [0.2, 0.25) is 0 Å². The SMILES string of the molecule is Nc1cccc2cc(S(=O)(=O)[O-])c(N=Nc3ccc(-c4ccc(N=Nc5c(S(=O)(=O)[O-])cc6cc(S(=O)(=O)[O-])c(N=Nc7ccc([N+](=O)[O-])cc7)c(N)c6c5O)cc4)cc3)c(O)c12.[Na+].[Na+].[Na+]. The summed E-state index contributed by atoms with van der Waals surface area (Å²) in [5.41, 5.74) is 10.5. The molecule has 0 saturated carbocycles. The molecule has 0 fully saturated rings. The van der Waals surface area contributed by atoms with Crippen molar-refractivity contribution in [1.82, 2.24) is 0 Å². The molecule has 7 rings (SSSR count). The monoisotopic (exact) mass is 979 g/mol. The number of nitro benzene ring substituents is 1. The average Bonchev–Trinajstić information content (AvgIpc) is 3.21. The van der Waals surface area contributed by atoms with E-state index in [2.05, 4.69) is 30.7 Å². The molecule has 0 radical (unpaired) electrons. The average molecular weight is 980 g/mol. The Morgan fingerprint density at radius 1 is 0.485 bits per heavy atom. The number of aromatic hydroxyl groups is 2. The fraction of sp³-hybridized carbons (Fsp3) is 0. The van der Waals surface area contributed by atoms with Crippen LogP contribution in [0.25, 0.3) is 32.7 Å². The summed E-state index contributed by atoms with van der Waals surface area (Å²) in [7, 11) is -16.0. The molecule has 0 aromatic heterocycles. The van der Waals surface area contributed by atoms with Crippen molar-refractivity contribution in [2.24, 2.45) is 30.7 Å². The summed E-state index contributed by atoms with van der Waals surface area (Å²) in [5, 5.41) is 55.6. The summed E-state index contributed by atoms with van der Waals surface area (Å²) >= 11 is 0. The molecule has 320 valence electrons.